The Bertz CT molecular complexity index is 719. The molecule has 1 aliphatic rings. The highest BCUT2D eigenvalue weighted by Gasteiger charge is 2.24. The largest absolute Gasteiger partial charge is 0.756 e. The first-order chi connectivity index (χ1) is 11.2. The molecule has 132 valence electrons. The molecule has 11 heteroatoms. The molecular weight excluding hydrogens is 359 g/mol. The number of aromatic hydroxyl groups is 1. The summed E-state index contributed by atoms with van der Waals surface area (Å²) in [6.45, 7) is 1.24. The fourth-order valence-electron chi connectivity index (χ4n) is 2.08. The lowest BCUT2D eigenvalue weighted by molar-refractivity contribution is -0.221. The summed E-state index contributed by atoms with van der Waals surface area (Å²) in [5.74, 6) is -1.03. The number of phosphoric acid groups is 1. The smallest absolute Gasteiger partial charge is 0.317 e. The van der Waals surface area contributed by atoms with Crippen LogP contribution in [0.4, 0.5) is 0 Å². The zero-order valence-electron chi connectivity index (χ0n) is 12.6. The minimum absolute atomic E-state index is 0.122. The van der Waals surface area contributed by atoms with Crippen LogP contribution in [0.15, 0.2) is 17.3 Å². The Hall–Kier alpha value is -1.58. The fraction of sp³-hybridized carbons (Fsp3) is 0.385. The van der Waals surface area contributed by atoms with Crippen molar-refractivity contribution in [3.63, 3.8) is 0 Å². The zero-order valence-corrected chi connectivity index (χ0v) is 14.3. The summed E-state index contributed by atoms with van der Waals surface area (Å²) in [5.41, 5.74) is 1.70. The average molecular weight is 375 g/mol. The highest BCUT2D eigenvalue weighted by molar-refractivity contribution is 8.03. The summed E-state index contributed by atoms with van der Waals surface area (Å²) >= 11 is 1.18. The highest BCUT2D eigenvalue weighted by Crippen LogP contribution is 2.34. The molecule has 0 saturated carbocycles. The van der Waals surface area contributed by atoms with Crippen molar-refractivity contribution < 1.29 is 33.9 Å². The second kappa shape index (κ2) is 7.54. The van der Waals surface area contributed by atoms with E-state index in [0.717, 1.165) is 0 Å². The van der Waals surface area contributed by atoms with Crippen LogP contribution in [0.5, 0.6) is 5.75 Å². The van der Waals surface area contributed by atoms with Gasteiger partial charge in [-0.25, -0.2) is 0 Å². The van der Waals surface area contributed by atoms with E-state index in [1.807, 2.05) is 0 Å². The van der Waals surface area contributed by atoms with Crippen molar-refractivity contribution in [3.05, 3.63) is 34.1 Å². The van der Waals surface area contributed by atoms with Crippen LogP contribution in [0.3, 0.4) is 0 Å². The number of nitrogens with one attached hydrogen (secondary N) is 1. The molecule has 4 N–H and O–H groups in total. The summed E-state index contributed by atoms with van der Waals surface area (Å²) < 4.78 is 15.1. The van der Waals surface area contributed by atoms with Gasteiger partial charge in [-0.2, -0.15) is 0 Å². The van der Waals surface area contributed by atoms with Gasteiger partial charge in [-0.15, -0.1) is 11.8 Å². The molecule has 0 amide bonds. The van der Waals surface area contributed by atoms with Crippen molar-refractivity contribution in [2.45, 2.75) is 31.7 Å². The third kappa shape index (κ3) is 4.96. The molecule has 1 aliphatic heterocycles. The summed E-state index contributed by atoms with van der Waals surface area (Å²) in [6.07, 6.45) is 1.67. The second-order valence-corrected chi connectivity index (χ2v) is 7.37. The first-order valence-corrected chi connectivity index (χ1v) is 9.27. The molecular formula is C13H16N2O7PS-. The summed E-state index contributed by atoms with van der Waals surface area (Å²) in [5, 5.41) is 23.3. The average Bonchev–Trinajstić information content (AvgIpc) is 2.95. The quantitative estimate of drug-likeness (QED) is 0.498. The maximum Gasteiger partial charge on any atom is 0.317 e. The summed E-state index contributed by atoms with van der Waals surface area (Å²) in [4.78, 5) is 34.3. The van der Waals surface area contributed by atoms with Crippen molar-refractivity contribution in [2.75, 3.05) is 0 Å². The van der Waals surface area contributed by atoms with E-state index in [0.29, 0.717) is 23.4 Å². The van der Waals surface area contributed by atoms with Crippen molar-refractivity contribution in [1.82, 2.24) is 10.3 Å². The number of phosphoric ester groups is 1. The predicted molar refractivity (Wildman–Crippen MR) is 83.8 cm³/mol. The molecule has 2 atom stereocenters. The molecule has 0 fully saturated rings. The molecule has 1 unspecified atom stereocenters. The molecule has 0 aromatic carbocycles. The van der Waals surface area contributed by atoms with Crippen LogP contribution < -0.4 is 10.2 Å². The molecule has 2 heterocycles. The van der Waals surface area contributed by atoms with Gasteiger partial charge >= 0.3 is 5.97 Å². The molecule has 0 spiro atoms. The number of allylic oxidation sites excluding steroid dienone is 1. The summed E-state index contributed by atoms with van der Waals surface area (Å²) in [6, 6.07) is 0. The Kier molecular flexibility index (Phi) is 5.89. The van der Waals surface area contributed by atoms with Crippen LogP contribution in [-0.4, -0.2) is 31.3 Å². The Balaban J connectivity index is 2.09. The number of aliphatic carboxylic acids is 1. The van der Waals surface area contributed by atoms with Crippen LogP contribution in [0.25, 0.3) is 0 Å². The maximum atomic E-state index is 10.9. The van der Waals surface area contributed by atoms with Crippen molar-refractivity contribution in [1.29, 1.82) is 0 Å². The first kappa shape index (κ1) is 18.8. The van der Waals surface area contributed by atoms with Gasteiger partial charge < -0.3 is 29.8 Å². The fourth-order valence-corrected chi connectivity index (χ4v) is 3.28. The van der Waals surface area contributed by atoms with Crippen molar-refractivity contribution >= 4 is 25.6 Å². The van der Waals surface area contributed by atoms with E-state index in [1.165, 1.54) is 18.0 Å². The second-order valence-electron chi connectivity index (χ2n) is 5.10. The monoisotopic (exact) mass is 375 g/mol. The number of hydrogen-bond donors (Lipinski definition) is 4. The van der Waals surface area contributed by atoms with E-state index >= 15 is 0 Å². The molecule has 0 aliphatic carbocycles. The van der Waals surface area contributed by atoms with Gasteiger partial charge in [0.05, 0.1) is 12.3 Å². The van der Waals surface area contributed by atoms with Gasteiger partial charge in [0.15, 0.2) is 0 Å². The van der Waals surface area contributed by atoms with Crippen molar-refractivity contribution in [2.24, 2.45) is 0 Å². The van der Waals surface area contributed by atoms with Crippen LogP contribution in [-0.2, 0) is 27.0 Å². The Morgan fingerprint density at radius 3 is 2.92 bits per heavy atom. The van der Waals surface area contributed by atoms with Crippen LogP contribution in [0.2, 0.25) is 0 Å². The number of carbonyl (C=O) groups is 1. The van der Waals surface area contributed by atoms with Gasteiger partial charge in [0, 0.05) is 36.0 Å². The lowest BCUT2D eigenvalue weighted by Gasteiger charge is -2.18. The molecule has 0 saturated heterocycles. The van der Waals surface area contributed by atoms with Gasteiger partial charge in [-0.1, -0.05) is 0 Å². The Labute approximate surface area is 142 Å². The van der Waals surface area contributed by atoms with Gasteiger partial charge in [0.2, 0.25) is 0 Å². The number of nitrogens with zero attached hydrogens (tertiary/aromatic N) is 1. The normalized spacial score (nSPS) is 19.6. The van der Waals surface area contributed by atoms with E-state index in [1.54, 1.807) is 12.3 Å². The highest BCUT2D eigenvalue weighted by atomic mass is 32.2. The first-order valence-electron chi connectivity index (χ1n) is 6.83. The minimum atomic E-state index is -4.90. The topological polar surface area (TPSA) is 152 Å². The molecule has 2 rings (SSSR count). The van der Waals surface area contributed by atoms with Crippen LogP contribution in [0.1, 0.15) is 23.2 Å². The van der Waals surface area contributed by atoms with Gasteiger partial charge in [-0.3, -0.25) is 14.3 Å². The Morgan fingerprint density at radius 2 is 2.33 bits per heavy atom. The van der Waals surface area contributed by atoms with Crippen LogP contribution in [0, 0.1) is 6.92 Å². The van der Waals surface area contributed by atoms with E-state index in [2.05, 4.69) is 14.8 Å². The van der Waals surface area contributed by atoms with Gasteiger partial charge in [0.25, 0.3) is 7.82 Å². The third-order valence-corrected chi connectivity index (χ3v) is 4.93. The van der Waals surface area contributed by atoms with Gasteiger partial charge in [0.1, 0.15) is 11.0 Å². The zero-order chi connectivity index (χ0) is 17.9. The van der Waals surface area contributed by atoms with E-state index in [4.69, 9.17) is 10.00 Å². The predicted octanol–water partition coefficient (Wildman–Crippen LogP) is 0.594. The number of aromatic nitrogens is 1. The Morgan fingerprint density at radius 1 is 1.62 bits per heavy atom. The van der Waals surface area contributed by atoms with E-state index < -0.39 is 25.6 Å². The maximum absolute atomic E-state index is 10.9. The number of carboxylic acid groups (broad SMARTS) is 1. The molecule has 1 aromatic heterocycles. The number of rotatable bonds is 7. The lowest BCUT2D eigenvalue weighted by Crippen LogP contribution is -2.19. The van der Waals surface area contributed by atoms with E-state index in [-0.39, 0.29) is 17.9 Å². The molecule has 9 nitrogen and oxygen atoms in total. The molecule has 1 aromatic rings. The SMILES string of the molecule is Cc1ncc(COP(=O)([O-])O)c(CNC2=CS[C@H](C(=O)O)C2)c1O. The molecule has 0 bridgehead atoms. The molecule has 24 heavy (non-hydrogen) atoms. The van der Waals surface area contributed by atoms with E-state index in [9.17, 15) is 19.4 Å². The number of hydrogen-bond acceptors (Lipinski definition) is 8. The minimum Gasteiger partial charge on any atom is -0.756 e. The number of aryl methyl sites for hydroxylation is 1. The third-order valence-electron chi connectivity index (χ3n) is 3.36. The lowest BCUT2D eigenvalue weighted by atomic mass is 10.1. The molecule has 0 radical (unpaired) electrons. The van der Waals surface area contributed by atoms with Crippen LogP contribution >= 0.6 is 19.6 Å². The van der Waals surface area contributed by atoms with Gasteiger partial charge in [-0.05, 0) is 12.3 Å². The number of thioether (sulfide) groups is 1. The van der Waals surface area contributed by atoms with Crippen molar-refractivity contribution in [3.8, 4) is 5.75 Å². The number of carboxylic acids is 1. The standard InChI is InChI=1S/C13H17N2O7PS/c1-7-12(16)10(8(3-14-7)5-22-23(19,20)21)4-15-9-2-11(13(17)18)24-6-9/h3,6,11,15-16H,2,4-5H2,1H3,(H,17,18)(H2,19,20,21)/p-1/t11-/m0/s1. The number of pyridine rings is 1. The summed E-state index contributed by atoms with van der Waals surface area (Å²) in [7, 11) is -4.90.